The Kier molecular flexibility index (Phi) is 5.70. The first-order chi connectivity index (χ1) is 15.2. The lowest BCUT2D eigenvalue weighted by Gasteiger charge is -2.29. The fourth-order valence-corrected chi connectivity index (χ4v) is 4.02. The van der Waals surface area contributed by atoms with Crippen LogP contribution in [0.2, 0.25) is 0 Å². The molecular weight excluding hydrogens is 522 g/mol. The number of benzene rings is 3. The second-order valence-electron chi connectivity index (χ2n) is 7.22. The molecule has 0 bridgehead atoms. The van der Waals surface area contributed by atoms with Gasteiger partial charge in [0, 0.05) is 20.7 Å². The Balaban J connectivity index is 1.47. The Bertz CT molecular complexity index is 1220. The summed E-state index contributed by atoms with van der Waals surface area (Å²) >= 11 is 6.91. The molecule has 0 fully saturated rings. The lowest BCUT2D eigenvalue weighted by Crippen LogP contribution is -2.30. The van der Waals surface area contributed by atoms with Gasteiger partial charge in [0.15, 0.2) is 12.1 Å². The molecule has 154 valence electrons. The Morgan fingerprint density at radius 2 is 1.61 bits per heavy atom. The van der Waals surface area contributed by atoms with E-state index >= 15 is 0 Å². The van der Waals surface area contributed by atoms with Gasteiger partial charge < -0.3 is 9.26 Å². The van der Waals surface area contributed by atoms with Gasteiger partial charge in [-0.2, -0.15) is 4.98 Å². The van der Waals surface area contributed by atoms with Gasteiger partial charge in [-0.05, 0) is 60.0 Å². The smallest absolute Gasteiger partial charge is 0.257 e. The van der Waals surface area contributed by atoms with Gasteiger partial charge in [-0.1, -0.05) is 67.3 Å². The fraction of sp³-hybridized carbons (Fsp3) is 0.125. The summed E-state index contributed by atoms with van der Waals surface area (Å²) in [7, 11) is 0. The standard InChI is InChI=1S/C24H17Br2N3O2/c25-18-9-5-15(6-10-18)14-27-24-20(13-17-3-1-2-4-21(17)30-24)22-28-23(31-29-22)16-7-11-19(26)12-8-16/h1-12,14,20,24H,13H2. The minimum atomic E-state index is -0.450. The monoisotopic (exact) mass is 537 g/mol. The number of hydrogen-bond donors (Lipinski definition) is 0. The number of aliphatic imine (C=N–C) groups is 1. The van der Waals surface area contributed by atoms with Crippen LogP contribution in [0.5, 0.6) is 5.75 Å². The SMILES string of the molecule is Brc1ccc(C=NC2Oc3ccccc3CC2c2noc(-c3ccc(Br)cc3)n2)cc1. The van der Waals surface area contributed by atoms with E-state index in [0.717, 1.165) is 37.8 Å². The fourth-order valence-electron chi connectivity index (χ4n) is 3.49. The molecule has 0 radical (unpaired) electrons. The summed E-state index contributed by atoms with van der Waals surface area (Å²) in [5.74, 6) is 1.75. The van der Waals surface area contributed by atoms with Crippen molar-refractivity contribution < 1.29 is 9.26 Å². The van der Waals surface area contributed by atoms with Gasteiger partial charge in [0.25, 0.3) is 5.89 Å². The van der Waals surface area contributed by atoms with Gasteiger partial charge >= 0.3 is 0 Å². The van der Waals surface area contributed by atoms with Crippen molar-refractivity contribution >= 4 is 38.1 Å². The lowest BCUT2D eigenvalue weighted by molar-refractivity contribution is 0.153. The van der Waals surface area contributed by atoms with Gasteiger partial charge in [0.1, 0.15) is 5.75 Å². The molecular formula is C24H17Br2N3O2. The zero-order valence-electron chi connectivity index (χ0n) is 16.3. The predicted octanol–water partition coefficient (Wildman–Crippen LogP) is 6.43. The van der Waals surface area contributed by atoms with Crippen molar-refractivity contribution in [1.29, 1.82) is 0 Å². The largest absolute Gasteiger partial charge is 0.468 e. The summed E-state index contributed by atoms with van der Waals surface area (Å²) in [5, 5.41) is 4.27. The number of nitrogens with zero attached hydrogens (tertiary/aromatic N) is 3. The van der Waals surface area contributed by atoms with Crippen molar-refractivity contribution in [3.63, 3.8) is 0 Å². The third-order valence-electron chi connectivity index (χ3n) is 5.11. The topological polar surface area (TPSA) is 60.5 Å². The molecule has 2 unspecified atom stereocenters. The van der Waals surface area contributed by atoms with Crippen LogP contribution in [0.25, 0.3) is 11.5 Å². The predicted molar refractivity (Wildman–Crippen MR) is 126 cm³/mol. The minimum absolute atomic E-state index is 0.158. The maximum atomic E-state index is 6.24. The number of hydrogen-bond acceptors (Lipinski definition) is 5. The van der Waals surface area contributed by atoms with Crippen LogP contribution in [0.15, 0.2) is 91.3 Å². The number of para-hydroxylation sites is 1. The molecule has 1 aliphatic rings. The molecule has 4 aromatic rings. The van der Waals surface area contributed by atoms with E-state index in [2.05, 4.69) is 48.1 Å². The Morgan fingerprint density at radius 3 is 2.39 bits per heavy atom. The molecule has 5 nitrogen and oxygen atoms in total. The van der Waals surface area contributed by atoms with Crippen LogP contribution in [-0.2, 0) is 6.42 Å². The van der Waals surface area contributed by atoms with E-state index in [-0.39, 0.29) is 5.92 Å². The third-order valence-corrected chi connectivity index (χ3v) is 6.17. The van der Waals surface area contributed by atoms with E-state index in [4.69, 9.17) is 14.3 Å². The first-order valence-electron chi connectivity index (χ1n) is 9.78. The summed E-state index contributed by atoms with van der Waals surface area (Å²) in [5.41, 5.74) is 2.97. The molecule has 31 heavy (non-hydrogen) atoms. The second-order valence-corrected chi connectivity index (χ2v) is 9.05. The van der Waals surface area contributed by atoms with E-state index in [9.17, 15) is 0 Å². The molecule has 0 aliphatic carbocycles. The van der Waals surface area contributed by atoms with Gasteiger partial charge in [0.05, 0.1) is 5.92 Å². The number of fused-ring (bicyclic) bond motifs is 1. The average Bonchev–Trinajstić information content (AvgIpc) is 3.29. The van der Waals surface area contributed by atoms with Gasteiger partial charge in [-0.3, -0.25) is 0 Å². The Morgan fingerprint density at radius 1 is 0.903 bits per heavy atom. The molecule has 1 aromatic heterocycles. The van der Waals surface area contributed by atoms with Gasteiger partial charge in [0.2, 0.25) is 0 Å². The highest BCUT2D eigenvalue weighted by molar-refractivity contribution is 9.10. The normalized spacial score (nSPS) is 18.0. The summed E-state index contributed by atoms with van der Waals surface area (Å²) in [6.45, 7) is 0. The molecule has 0 amide bonds. The maximum absolute atomic E-state index is 6.24. The van der Waals surface area contributed by atoms with Crippen LogP contribution in [0.1, 0.15) is 22.9 Å². The first-order valence-corrected chi connectivity index (χ1v) is 11.4. The first kappa shape index (κ1) is 20.2. The van der Waals surface area contributed by atoms with E-state index in [1.54, 1.807) is 0 Å². The molecule has 0 spiro atoms. The zero-order chi connectivity index (χ0) is 21.2. The summed E-state index contributed by atoms with van der Waals surface area (Å²) < 4.78 is 13.8. The molecule has 0 saturated carbocycles. The Labute approximate surface area is 196 Å². The van der Waals surface area contributed by atoms with Crippen LogP contribution in [0.4, 0.5) is 0 Å². The van der Waals surface area contributed by atoms with Crippen molar-refractivity contribution in [2.24, 2.45) is 4.99 Å². The highest BCUT2D eigenvalue weighted by Crippen LogP contribution is 2.36. The number of halogens is 2. The molecule has 3 aromatic carbocycles. The van der Waals surface area contributed by atoms with E-state index in [1.807, 2.05) is 72.9 Å². The van der Waals surface area contributed by atoms with Crippen molar-refractivity contribution in [2.75, 3.05) is 0 Å². The highest BCUT2D eigenvalue weighted by atomic mass is 79.9. The van der Waals surface area contributed by atoms with E-state index in [1.165, 1.54) is 0 Å². The summed E-state index contributed by atoms with van der Waals surface area (Å²) in [6.07, 6.45) is 2.10. The van der Waals surface area contributed by atoms with E-state index < -0.39 is 6.23 Å². The van der Waals surface area contributed by atoms with Crippen LogP contribution in [0, 0.1) is 0 Å². The number of aromatic nitrogens is 2. The lowest BCUT2D eigenvalue weighted by atomic mass is 9.93. The van der Waals surface area contributed by atoms with Crippen molar-refractivity contribution in [3.8, 4) is 17.2 Å². The quantitative estimate of drug-likeness (QED) is 0.281. The van der Waals surface area contributed by atoms with Crippen LogP contribution >= 0.6 is 31.9 Å². The van der Waals surface area contributed by atoms with Crippen molar-refractivity contribution in [2.45, 2.75) is 18.6 Å². The molecule has 0 saturated heterocycles. The van der Waals surface area contributed by atoms with Crippen molar-refractivity contribution in [3.05, 3.63) is 98.7 Å². The highest BCUT2D eigenvalue weighted by Gasteiger charge is 2.34. The zero-order valence-corrected chi connectivity index (χ0v) is 19.5. The van der Waals surface area contributed by atoms with Gasteiger partial charge in [-0.15, -0.1) is 0 Å². The number of rotatable bonds is 4. The molecule has 7 heteroatoms. The maximum Gasteiger partial charge on any atom is 0.257 e. The molecule has 2 heterocycles. The molecule has 1 aliphatic heterocycles. The van der Waals surface area contributed by atoms with Crippen LogP contribution in [0.3, 0.4) is 0 Å². The number of ether oxygens (including phenoxy) is 1. The van der Waals surface area contributed by atoms with Gasteiger partial charge in [-0.25, -0.2) is 4.99 Å². The van der Waals surface area contributed by atoms with Crippen LogP contribution < -0.4 is 4.74 Å². The minimum Gasteiger partial charge on any atom is -0.468 e. The third kappa shape index (κ3) is 4.48. The summed E-state index contributed by atoms with van der Waals surface area (Å²) in [6, 6.07) is 23.8. The van der Waals surface area contributed by atoms with Crippen molar-refractivity contribution in [1.82, 2.24) is 10.1 Å². The summed E-state index contributed by atoms with van der Waals surface area (Å²) in [4.78, 5) is 9.41. The molecule has 2 atom stereocenters. The second kappa shape index (κ2) is 8.77. The Hall–Kier alpha value is -2.77. The van der Waals surface area contributed by atoms with Crippen LogP contribution in [-0.4, -0.2) is 22.6 Å². The molecule has 5 rings (SSSR count). The average molecular weight is 539 g/mol. The van der Waals surface area contributed by atoms with E-state index in [0.29, 0.717) is 11.7 Å². The molecule has 0 N–H and O–H groups in total.